The van der Waals surface area contributed by atoms with Crippen molar-refractivity contribution in [3.05, 3.63) is 22.4 Å². The molecule has 19 heavy (non-hydrogen) atoms. The largest absolute Gasteiger partial charge is 0.356 e. The molecular weight excluding hydrogens is 371 g/mol. The van der Waals surface area contributed by atoms with Crippen molar-refractivity contribution in [2.45, 2.75) is 13.3 Å². The number of rotatable bonds is 7. The van der Waals surface area contributed by atoms with Gasteiger partial charge in [-0.15, -0.1) is 35.3 Å². The van der Waals surface area contributed by atoms with Gasteiger partial charge in [0.1, 0.15) is 0 Å². The molecule has 0 radical (unpaired) electrons. The lowest BCUT2D eigenvalue weighted by atomic mass is 10.3. The van der Waals surface area contributed by atoms with Gasteiger partial charge in [-0.2, -0.15) is 0 Å². The van der Waals surface area contributed by atoms with Crippen LogP contribution in [-0.4, -0.2) is 51.1 Å². The Hall–Kier alpha value is -0.340. The second kappa shape index (κ2) is 11.5. The van der Waals surface area contributed by atoms with Gasteiger partial charge in [-0.3, -0.25) is 4.99 Å². The van der Waals surface area contributed by atoms with Gasteiger partial charge < -0.3 is 15.5 Å². The van der Waals surface area contributed by atoms with Crippen molar-refractivity contribution in [1.29, 1.82) is 0 Å². The third kappa shape index (κ3) is 8.43. The SMILES string of the molecule is CCN(C)CCNC(=NC)NCCc1cccs1.I. The molecule has 2 N–H and O–H groups in total. The number of hydrogen-bond donors (Lipinski definition) is 2. The maximum absolute atomic E-state index is 4.21. The summed E-state index contributed by atoms with van der Waals surface area (Å²) in [5, 5.41) is 8.76. The molecule has 1 aromatic heterocycles. The van der Waals surface area contributed by atoms with Gasteiger partial charge in [0.05, 0.1) is 0 Å². The minimum absolute atomic E-state index is 0. The predicted octanol–water partition coefficient (Wildman–Crippen LogP) is 2.03. The topological polar surface area (TPSA) is 39.7 Å². The van der Waals surface area contributed by atoms with Crippen LogP contribution >= 0.6 is 35.3 Å². The summed E-state index contributed by atoms with van der Waals surface area (Å²) in [6, 6.07) is 4.26. The van der Waals surface area contributed by atoms with E-state index in [9.17, 15) is 0 Å². The summed E-state index contributed by atoms with van der Waals surface area (Å²) in [5.41, 5.74) is 0. The van der Waals surface area contributed by atoms with Gasteiger partial charge in [0.25, 0.3) is 0 Å². The van der Waals surface area contributed by atoms with Crippen LogP contribution in [0.5, 0.6) is 0 Å². The van der Waals surface area contributed by atoms with E-state index in [1.807, 2.05) is 7.05 Å². The van der Waals surface area contributed by atoms with Gasteiger partial charge in [0, 0.05) is 31.6 Å². The van der Waals surface area contributed by atoms with Crippen LogP contribution in [0, 0.1) is 0 Å². The molecule has 0 fully saturated rings. The monoisotopic (exact) mass is 396 g/mol. The third-order valence-electron chi connectivity index (χ3n) is 2.79. The number of hydrogen-bond acceptors (Lipinski definition) is 3. The number of likely N-dealkylation sites (N-methyl/N-ethyl adjacent to an activating group) is 1. The van der Waals surface area contributed by atoms with Crippen molar-refractivity contribution < 1.29 is 0 Å². The predicted molar refractivity (Wildman–Crippen MR) is 96.0 cm³/mol. The van der Waals surface area contributed by atoms with E-state index >= 15 is 0 Å². The minimum Gasteiger partial charge on any atom is -0.356 e. The zero-order chi connectivity index (χ0) is 13.2. The molecule has 0 spiro atoms. The van der Waals surface area contributed by atoms with E-state index in [-0.39, 0.29) is 24.0 Å². The molecule has 110 valence electrons. The first-order valence-electron chi connectivity index (χ1n) is 6.41. The Balaban J connectivity index is 0.00000324. The van der Waals surface area contributed by atoms with Crippen LogP contribution in [0.3, 0.4) is 0 Å². The minimum atomic E-state index is 0. The molecule has 1 heterocycles. The molecular formula is C13H25IN4S. The van der Waals surface area contributed by atoms with Crippen LogP contribution < -0.4 is 10.6 Å². The molecule has 0 aliphatic heterocycles. The molecule has 4 nitrogen and oxygen atoms in total. The van der Waals surface area contributed by atoms with Crippen LogP contribution in [0.25, 0.3) is 0 Å². The van der Waals surface area contributed by atoms with Gasteiger partial charge in [-0.1, -0.05) is 13.0 Å². The van der Waals surface area contributed by atoms with Gasteiger partial charge in [-0.25, -0.2) is 0 Å². The molecule has 0 amide bonds. The molecule has 0 unspecified atom stereocenters. The van der Waals surface area contributed by atoms with Crippen LogP contribution in [0.4, 0.5) is 0 Å². The Kier molecular flexibility index (Phi) is 11.3. The Bertz CT molecular complexity index is 340. The number of nitrogens with one attached hydrogen (secondary N) is 2. The lowest BCUT2D eigenvalue weighted by molar-refractivity contribution is 0.357. The van der Waals surface area contributed by atoms with Crippen molar-refractivity contribution in [2.75, 3.05) is 40.3 Å². The van der Waals surface area contributed by atoms with E-state index < -0.39 is 0 Å². The van der Waals surface area contributed by atoms with E-state index in [4.69, 9.17) is 0 Å². The normalized spacial score (nSPS) is 11.3. The number of aliphatic imine (C=N–C) groups is 1. The molecule has 0 bridgehead atoms. The van der Waals surface area contributed by atoms with E-state index in [2.05, 4.69) is 52.0 Å². The standard InChI is InChI=1S/C13H24N4S.HI/c1-4-17(3)10-9-16-13(14-2)15-8-7-12-6-5-11-18-12;/h5-6,11H,4,7-10H2,1-3H3,(H2,14,15,16);1H. The smallest absolute Gasteiger partial charge is 0.191 e. The lowest BCUT2D eigenvalue weighted by Crippen LogP contribution is -2.41. The molecule has 0 atom stereocenters. The molecule has 0 saturated heterocycles. The van der Waals surface area contributed by atoms with Crippen molar-refractivity contribution in [1.82, 2.24) is 15.5 Å². The van der Waals surface area contributed by atoms with Gasteiger partial charge >= 0.3 is 0 Å². The molecule has 0 saturated carbocycles. The van der Waals surface area contributed by atoms with Gasteiger partial charge in [0.15, 0.2) is 5.96 Å². The quantitative estimate of drug-likeness (QED) is 0.421. The Morgan fingerprint density at radius 3 is 2.68 bits per heavy atom. The van der Waals surface area contributed by atoms with E-state index in [0.717, 1.165) is 38.6 Å². The van der Waals surface area contributed by atoms with Crippen LogP contribution in [0.2, 0.25) is 0 Å². The summed E-state index contributed by atoms with van der Waals surface area (Å²) >= 11 is 1.80. The fraction of sp³-hybridized carbons (Fsp3) is 0.615. The molecule has 1 rings (SSSR count). The summed E-state index contributed by atoms with van der Waals surface area (Å²) in [7, 11) is 3.93. The highest BCUT2D eigenvalue weighted by Crippen LogP contribution is 2.07. The van der Waals surface area contributed by atoms with E-state index in [0.29, 0.717) is 0 Å². The maximum atomic E-state index is 4.21. The summed E-state index contributed by atoms with van der Waals surface area (Å²) in [6.45, 7) is 6.11. The fourth-order valence-corrected chi connectivity index (χ4v) is 2.21. The first-order valence-corrected chi connectivity index (χ1v) is 7.29. The van der Waals surface area contributed by atoms with Crippen LogP contribution in [0.1, 0.15) is 11.8 Å². The second-order valence-corrected chi connectivity index (χ2v) is 5.18. The van der Waals surface area contributed by atoms with Crippen molar-refractivity contribution in [2.24, 2.45) is 4.99 Å². The number of guanidine groups is 1. The highest BCUT2D eigenvalue weighted by Gasteiger charge is 1.99. The number of halogens is 1. The maximum Gasteiger partial charge on any atom is 0.191 e. The Morgan fingerprint density at radius 1 is 1.37 bits per heavy atom. The first kappa shape index (κ1) is 18.7. The average Bonchev–Trinajstić information content (AvgIpc) is 2.89. The van der Waals surface area contributed by atoms with Crippen molar-refractivity contribution in [3.8, 4) is 0 Å². The van der Waals surface area contributed by atoms with Crippen LogP contribution in [-0.2, 0) is 6.42 Å². The molecule has 0 aliphatic carbocycles. The average molecular weight is 396 g/mol. The van der Waals surface area contributed by atoms with Crippen LogP contribution in [0.15, 0.2) is 22.5 Å². The summed E-state index contributed by atoms with van der Waals surface area (Å²) in [6.07, 6.45) is 1.05. The van der Waals surface area contributed by atoms with Gasteiger partial charge in [-0.05, 0) is 31.5 Å². The third-order valence-corrected chi connectivity index (χ3v) is 3.73. The molecule has 0 aromatic carbocycles. The number of thiophene rings is 1. The first-order chi connectivity index (χ1) is 8.76. The van der Waals surface area contributed by atoms with Gasteiger partial charge in [0.2, 0.25) is 0 Å². The van der Waals surface area contributed by atoms with E-state index in [1.54, 1.807) is 11.3 Å². The van der Waals surface area contributed by atoms with E-state index in [1.165, 1.54) is 4.88 Å². The number of nitrogens with zero attached hydrogens (tertiary/aromatic N) is 2. The highest BCUT2D eigenvalue weighted by molar-refractivity contribution is 14.0. The lowest BCUT2D eigenvalue weighted by Gasteiger charge is -2.16. The summed E-state index contributed by atoms with van der Waals surface area (Å²) < 4.78 is 0. The zero-order valence-electron chi connectivity index (χ0n) is 12.0. The Morgan fingerprint density at radius 2 is 2.11 bits per heavy atom. The summed E-state index contributed by atoms with van der Waals surface area (Å²) in [4.78, 5) is 7.88. The molecule has 6 heteroatoms. The molecule has 0 aliphatic rings. The fourth-order valence-electron chi connectivity index (χ4n) is 1.50. The summed E-state index contributed by atoms with van der Waals surface area (Å²) in [5.74, 6) is 0.885. The second-order valence-electron chi connectivity index (χ2n) is 4.15. The zero-order valence-corrected chi connectivity index (χ0v) is 15.1. The molecule has 1 aromatic rings. The van der Waals surface area contributed by atoms with Crippen molar-refractivity contribution >= 4 is 41.3 Å². The van der Waals surface area contributed by atoms with Crippen molar-refractivity contribution in [3.63, 3.8) is 0 Å². The Labute approximate surface area is 137 Å². The highest BCUT2D eigenvalue weighted by atomic mass is 127.